The van der Waals surface area contributed by atoms with E-state index in [0.717, 1.165) is 0 Å². The van der Waals surface area contributed by atoms with Gasteiger partial charge in [-0.1, -0.05) is 6.92 Å². The van der Waals surface area contributed by atoms with Gasteiger partial charge in [0.1, 0.15) is 5.54 Å². The van der Waals surface area contributed by atoms with Gasteiger partial charge in [-0.2, -0.15) is 0 Å². The zero-order chi connectivity index (χ0) is 14.6. The monoisotopic (exact) mass is 290 g/mol. The van der Waals surface area contributed by atoms with Crippen LogP contribution in [0.15, 0.2) is 0 Å². The molecule has 1 fully saturated rings. The molecule has 110 valence electrons. The summed E-state index contributed by atoms with van der Waals surface area (Å²) in [5.41, 5.74) is -1.08. The van der Waals surface area contributed by atoms with Gasteiger partial charge >= 0.3 is 12.0 Å². The summed E-state index contributed by atoms with van der Waals surface area (Å²) in [5, 5.41) is 11.9. The van der Waals surface area contributed by atoms with Crippen LogP contribution in [0.25, 0.3) is 0 Å². The molecule has 0 bridgehead atoms. The summed E-state index contributed by atoms with van der Waals surface area (Å²) in [6.45, 7) is 4.31. The molecule has 0 aliphatic carbocycles. The predicted octanol–water partition coefficient (Wildman–Crippen LogP) is 0.792. The van der Waals surface area contributed by atoms with Crippen LogP contribution >= 0.6 is 0 Å². The van der Waals surface area contributed by atoms with Crippen molar-refractivity contribution in [3.63, 3.8) is 0 Å². The third-order valence-electron chi connectivity index (χ3n) is 3.82. The molecule has 1 rings (SSSR count). The number of amides is 2. The molecule has 0 radical (unpaired) electrons. The minimum atomic E-state index is -1.08. The summed E-state index contributed by atoms with van der Waals surface area (Å²) in [4.78, 5) is 25.0. The molecule has 0 spiro atoms. The molecule has 0 aromatic rings. The van der Waals surface area contributed by atoms with E-state index in [4.69, 9.17) is 0 Å². The lowest BCUT2D eigenvalue weighted by molar-refractivity contribution is -0.148. The highest BCUT2D eigenvalue weighted by atomic mass is 32.2. The highest BCUT2D eigenvalue weighted by Gasteiger charge is 2.48. The van der Waals surface area contributed by atoms with E-state index in [1.165, 1.54) is 4.90 Å². The van der Waals surface area contributed by atoms with Crippen LogP contribution in [0, 0.1) is 0 Å². The van der Waals surface area contributed by atoms with E-state index in [9.17, 15) is 18.9 Å². The van der Waals surface area contributed by atoms with Crippen molar-refractivity contribution in [3.8, 4) is 0 Å². The number of rotatable bonds is 5. The Morgan fingerprint density at radius 3 is 2.63 bits per heavy atom. The fourth-order valence-electron chi connectivity index (χ4n) is 2.36. The number of likely N-dealkylation sites (tertiary alicyclic amines) is 1. The number of carboxylic acid groups (broad SMARTS) is 1. The number of nitrogens with one attached hydrogen (secondary N) is 1. The minimum absolute atomic E-state index is 0.146. The number of aliphatic carboxylic acids is 1. The summed E-state index contributed by atoms with van der Waals surface area (Å²) in [7, 11) is -1.01. The van der Waals surface area contributed by atoms with E-state index >= 15 is 0 Å². The molecule has 0 aromatic carbocycles. The topological polar surface area (TPSA) is 86.7 Å². The van der Waals surface area contributed by atoms with Crippen LogP contribution in [-0.2, 0) is 15.6 Å². The molecule has 1 saturated heterocycles. The average Bonchev–Trinajstić information content (AvgIpc) is 2.80. The van der Waals surface area contributed by atoms with Gasteiger partial charge in [0, 0.05) is 35.4 Å². The van der Waals surface area contributed by atoms with Crippen molar-refractivity contribution >= 4 is 22.8 Å². The number of carbonyl (C=O) groups is 2. The fourth-order valence-corrected chi connectivity index (χ4v) is 2.68. The first-order chi connectivity index (χ1) is 8.85. The van der Waals surface area contributed by atoms with Gasteiger partial charge in [-0.15, -0.1) is 0 Å². The van der Waals surface area contributed by atoms with Crippen molar-refractivity contribution in [2.75, 3.05) is 19.3 Å². The number of urea groups is 1. The molecule has 0 aromatic heterocycles. The molecule has 0 saturated carbocycles. The van der Waals surface area contributed by atoms with Crippen molar-refractivity contribution in [3.05, 3.63) is 0 Å². The molecule has 6 nitrogen and oxygen atoms in total. The lowest BCUT2D eigenvalue weighted by Gasteiger charge is -2.34. The first-order valence-electron chi connectivity index (χ1n) is 6.46. The van der Waals surface area contributed by atoms with Gasteiger partial charge in [-0.05, 0) is 26.2 Å². The van der Waals surface area contributed by atoms with Gasteiger partial charge in [0.15, 0.2) is 0 Å². The second kappa shape index (κ2) is 6.36. The van der Waals surface area contributed by atoms with Crippen molar-refractivity contribution in [1.29, 1.82) is 0 Å². The van der Waals surface area contributed by atoms with E-state index < -0.39 is 22.3 Å². The number of carbonyl (C=O) groups excluding carboxylic acids is 1. The Morgan fingerprint density at radius 2 is 2.16 bits per heavy atom. The molecule has 2 amide bonds. The summed E-state index contributed by atoms with van der Waals surface area (Å²) in [5.74, 6) is -0.949. The van der Waals surface area contributed by atoms with E-state index in [1.807, 2.05) is 0 Å². The summed E-state index contributed by atoms with van der Waals surface area (Å²) >= 11 is 0. The van der Waals surface area contributed by atoms with Gasteiger partial charge in [0.2, 0.25) is 0 Å². The van der Waals surface area contributed by atoms with Gasteiger partial charge in [0.25, 0.3) is 0 Å². The minimum Gasteiger partial charge on any atom is -0.479 e. The Labute approximate surface area is 116 Å². The Kier molecular flexibility index (Phi) is 5.34. The van der Waals surface area contributed by atoms with E-state index in [1.54, 1.807) is 20.1 Å². The number of hydrogen-bond donors (Lipinski definition) is 2. The number of carboxylic acids is 1. The highest BCUT2D eigenvalue weighted by Crippen LogP contribution is 2.32. The quantitative estimate of drug-likeness (QED) is 0.784. The maximum Gasteiger partial charge on any atom is 0.329 e. The van der Waals surface area contributed by atoms with Crippen LogP contribution < -0.4 is 5.32 Å². The van der Waals surface area contributed by atoms with Crippen LogP contribution in [0.4, 0.5) is 4.79 Å². The lowest BCUT2D eigenvalue weighted by Crippen LogP contribution is -2.56. The Hall–Kier alpha value is -1.11. The van der Waals surface area contributed by atoms with Crippen LogP contribution in [0.1, 0.15) is 33.1 Å². The number of nitrogens with zero attached hydrogens (tertiary/aromatic N) is 1. The third kappa shape index (κ3) is 3.26. The Bertz CT molecular complexity index is 388. The first-order valence-corrected chi connectivity index (χ1v) is 8.08. The van der Waals surface area contributed by atoms with Crippen molar-refractivity contribution in [2.24, 2.45) is 0 Å². The van der Waals surface area contributed by atoms with Crippen molar-refractivity contribution in [2.45, 2.75) is 43.9 Å². The van der Waals surface area contributed by atoms with E-state index in [0.29, 0.717) is 25.8 Å². The normalized spacial score (nSPS) is 25.9. The van der Waals surface area contributed by atoms with Crippen molar-refractivity contribution in [1.82, 2.24) is 10.2 Å². The molecule has 3 unspecified atom stereocenters. The molecule has 1 aliphatic heterocycles. The fraction of sp³-hybridized carbons (Fsp3) is 0.833. The van der Waals surface area contributed by atoms with Gasteiger partial charge in [0.05, 0.1) is 0 Å². The predicted molar refractivity (Wildman–Crippen MR) is 73.5 cm³/mol. The standard InChI is InChI=1S/C12H22N2O4S/c1-4-12(10(15)16)6-5-7-14(12)11(17)13-8-9(2)19(3)18/h9H,4-8H2,1-3H3,(H,13,17)(H,15,16). The molecule has 19 heavy (non-hydrogen) atoms. The Morgan fingerprint density at radius 1 is 1.53 bits per heavy atom. The van der Waals surface area contributed by atoms with Gasteiger partial charge in [-0.3, -0.25) is 4.21 Å². The molecular formula is C12H22N2O4S. The zero-order valence-corrected chi connectivity index (χ0v) is 12.5. The second-order valence-corrected chi connectivity index (χ2v) is 6.74. The third-order valence-corrected chi connectivity index (χ3v) is 5.12. The second-order valence-electron chi connectivity index (χ2n) is 4.94. The van der Waals surface area contributed by atoms with Crippen molar-refractivity contribution < 1.29 is 18.9 Å². The lowest BCUT2D eigenvalue weighted by atomic mass is 9.93. The zero-order valence-electron chi connectivity index (χ0n) is 11.6. The van der Waals surface area contributed by atoms with Crippen LogP contribution in [0.2, 0.25) is 0 Å². The van der Waals surface area contributed by atoms with E-state index in [2.05, 4.69) is 5.32 Å². The van der Waals surface area contributed by atoms with Crippen LogP contribution in [-0.4, -0.2) is 56.3 Å². The van der Waals surface area contributed by atoms with Gasteiger partial charge < -0.3 is 15.3 Å². The first kappa shape index (κ1) is 15.9. The summed E-state index contributed by atoms with van der Waals surface area (Å²) < 4.78 is 11.2. The highest BCUT2D eigenvalue weighted by molar-refractivity contribution is 7.84. The molecule has 2 N–H and O–H groups in total. The SMILES string of the molecule is CCC1(C(=O)O)CCCN1C(=O)NCC(C)S(C)=O. The average molecular weight is 290 g/mol. The molecule has 1 aliphatic rings. The van der Waals surface area contributed by atoms with Crippen LogP contribution in [0.5, 0.6) is 0 Å². The summed E-state index contributed by atoms with van der Waals surface area (Å²) in [6, 6.07) is -0.376. The molecule has 1 heterocycles. The molecular weight excluding hydrogens is 268 g/mol. The molecule has 3 atom stereocenters. The maximum atomic E-state index is 12.1. The smallest absolute Gasteiger partial charge is 0.329 e. The molecule has 7 heteroatoms. The summed E-state index contributed by atoms with van der Waals surface area (Å²) in [6.07, 6.45) is 3.16. The Balaban J connectivity index is 2.70. The van der Waals surface area contributed by atoms with Crippen LogP contribution in [0.3, 0.4) is 0 Å². The van der Waals surface area contributed by atoms with E-state index in [-0.39, 0.29) is 17.8 Å². The number of hydrogen-bond acceptors (Lipinski definition) is 3. The largest absolute Gasteiger partial charge is 0.479 e. The van der Waals surface area contributed by atoms with Gasteiger partial charge in [-0.25, -0.2) is 9.59 Å². The maximum absolute atomic E-state index is 12.1.